The molecule has 0 radical (unpaired) electrons. The first-order valence-electron chi connectivity index (χ1n) is 11.1. The number of carbonyl (C=O) groups excluding carboxylic acids is 2. The van der Waals surface area contributed by atoms with Crippen molar-refractivity contribution in [3.63, 3.8) is 0 Å². The van der Waals surface area contributed by atoms with E-state index in [1.165, 1.54) is 0 Å². The minimum absolute atomic E-state index is 0.0118. The van der Waals surface area contributed by atoms with E-state index in [1.807, 2.05) is 51.1 Å². The number of amides is 3. The number of hydrogen-bond acceptors (Lipinski definition) is 5. The van der Waals surface area contributed by atoms with Gasteiger partial charge in [-0.1, -0.05) is 12.1 Å². The Hall–Kier alpha value is -3.42. The lowest BCUT2D eigenvalue weighted by atomic mass is 10.1. The van der Waals surface area contributed by atoms with Crippen LogP contribution in [0.25, 0.3) is 0 Å². The molecule has 1 aliphatic rings. The van der Waals surface area contributed by atoms with Crippen molar-refractivity contribution in [1.82, 2.24) is 10.6 Å². The summed E-state index contributed by atoms with van der Waals surface area (Å²) in [4.78, 5) is 29.4. The third kappa shape index (κ3) is 5.63. The van der Waals surface area contributed by atoms with Crippen LogP contribution in [0.2, 0.25) is 0 Å². The molecule has 3 rings (SSSR count). The fourth-order valence-corrected chi connectivity index (χ4v) is 3.83. The van der Waals surface area contributed by atoms with E-state index in [9.17, 15) is 9.59 Å². The molecule has 1 saturated heterocycles. The summed E-state index contributed by atoms with van der Waals surface area (Å²) in [5.74, 6) is 0.709. The van der Waals surface area contributed by atoms with Crippen LogP contribution < -0.4 is 30.5 Å². The Morgan fingerprint density at radius 1 is 1.00 bits per heavy atom. The van der Waals surface area contributed by atoms with E-state index < -0.39 is 0 Å². The maximum atomic E-state index is 13.0. The lowest BCUT2D eigenvalue weighted by Gasteiger charge is -2.38. The average Bonchev–Trinajstić information content (AvgIpc) is 2.79. The predicted octanol–water partition coefficient (Wildman–Crippen LogP) is 3.30. The van der Waals surface area contributed by atoms with Crippen LogP contribution in [0.3, 0.4) is 0 Å². The maximum absolute atomic E-state index is 13.0. The van der Waals surface area contributed by atoms with E-state index >= 15 is 0 Å². The largest absolute Gasteiger partial charge is 0.495 e. The first-order chi connectivity index (χ1) is 15.4. The summed E-state index contributed by atoms with van der Waals surface area (Å²) in [6, 6.07) is 13.2. The normalized spacial score (nSPS) is 13.7. The number of methoxy groups -OCH3 is 1. The maximum Gasteiger partial charge on any atom is 0.319 e. The zero-order chi connectivity index (χ0) is 23.1. The second-order valence-electron chi connectivity index (χ2n) is 7.99. The van der Waals surface area contributed by atoms with Gasteiger partial charge in [-0.2, -0.15) is 0 Å². The minimum Gasteiger partial charge on any atom is -0.495 e. The molecular formula is C24H33N5O3. The molecule has 0 atom stereocenters. The standard InChI is InChI=1S/C24H33N5O3/c1-5-25-24(31)27-18-10-11-20(19(16-18)23(30)26-17(2)3)28-12-14-29(15-13-28)21-8-6-7-9-22(21)32-4/h6-11,16-17H,5,12-15H2,1-4H3,(H,26,30)(H2,25,27,31). The van der Waals surface area contributed by atoms with Gasteiger partial charge in [0.05, 0.1) is 18.4 Å². The molecule has 0 aromatic heterocycles. The van der Waals surface area contributed by atoms with Gasteiger partial charge >= 0.3 is 6.03 Å². The van der Waals surface area contributed by atoms with Crippen molar-refractivity contribution in [3.05, 3.63) is 48.0 Å². The molecule has 8 nitrogen and oxygen atoms in total. The van der Waals surface area contributed by atoms with Gasteiger partial charge in [-0.15, -0.1) is 0 Å². The highest BCUT2D eigenvalue weighted by Gasteiger charge is 2.24. The Morgan fingerprint density at radius 2 is 1.66 bits per heavy atom. The van der Waals surface area contributed by atoms with Gasteiger partial charge in [0.15, 0.2) is 0 Å². The summed E-state index contributed by atoms with van der Waals surface area (Å²) in [6.07, 6.45) is 0. The fourth-order valence-electron chi connectivity index (χ4n) is 3.83. The highest BCUT2D eigenvalue weighted by Crippen LogP contribution is 2.31. The second kappa shape index (κ2) is 10.7. The van der Waals surface area contributed by atoms with Gasteiger partial charge in [0.25, 0.3) is 5.91 Å². The molecule has 3 N–H and O–H groups in total. The van der Waals surface area contributed by atoms with Gasteiger partial charge < -0.3 is 30.5 Å². The number of urea groups is 1. The first kappa shape index (κ1) is 23.2. The molecule has 1 fully saturated rings. The van der Waals surface area contributed by atoms with Crippen LogP contribution in [-0.4, -0.2) is 57.8 Å². The summed E-state index contributed by atoms with van der Waals surface area (Å²) in [5.41, 5.74) is 3.08. The van der Waals surface area contributed by atoms with E-state index in [1.54, 1.807) is 13.2 Å². The number of piperazine rings is 1. The summed E-state index contributed by atoms with van der Waals surface area (Å²) in [5, 5.41) is 8.47. The Bertz CT molecular complexity index is 939. The van der Waals surface area contributed by atoms with E-state index in [2.05, 4.69) is 31.8 Å². The first-order valence-corrected chi connectivity index (χ1v) is 11.1. The van der Waals surface area contributed by atoms with Crippen molar-refractivity contribution in [2.24, 2.45) is 0 Å². The number of para-hydroxylation sites is 2. The minimum atomic E-state index is -0.291. The highest BCUT2D eigenvalue weighted by atomic mass is 16.5. The fraction of sp³-hybridized carbons (Fsp3) is 0.417. The number of hydrogen-bond donors (Lipinski definition) is 3. The van der Waals surface area contributed by atoms with E-state index in [0.717, 1.165) is 43.3 Å². The number of nitrogens with one attached hydrogen (secondary N) is 3. The number of rotatable bonds is 7. The zero-order valence-corrected chi connectivity index (χ0v) is 19.3. The van der Waals surface area contributed by atoms with Crippen LogP contribution in [-0.2, 0) is 0 Å². The van der Waals surface area contributed by atoms with Crippen LogP contribution in [0, 0.1) is 0 Å². The van der Waals surface area contributed by atoms with Crippen LogP contribution in [0.4, 0.5) is 21.9 Å². The van der Waals surface area contributed by atoms with E-state index in [4.69, 9.17) is 4.74 Å². The molecule has 0 unspecified atom stereocenters. The smallest absolute Gasteiger partial charge is 0.319 e. The average molecular weight is 440 g/mol. The van der Waals surface area contributed by atoms with Crippen molar-refractivity contribution in [2.45, 2.75) is 26.8 Å². The van der Waals surface area contributed by atoms with Crippen LogP contribution >= 0.6 is 0 Å². The van der Waals surface area contributed by atoms with Crippen molar-refractivity contribution in [1.29, 1.82) is 0 Å². The molecule has 0 aliphatic carbocycles. The quantitative estimate of drug-likeness (QED) is 0.616. The van der Waals surface area contributed by atoms with Crippen LogP contribution in [0.15, 0.2) is 42.5 Å². The molecule has 1 aliphatic heterocycles. The zero-order valence-electron chi connectivity index (χ0n) is 19.3. The Balaban J connectivity index is 1.80. The SMILES string of the molecule is CCNC(=O)Nc1ccc(N2CCN(c3ccccc3OC)CC2)c(C(=O)NC(C)C)c1. The number of carbonyl (C=O) groups is 2. The number of ether oxygens (including phenoxy) is 1. The van der Waals surface area contributed by atoms with E-state index in [0.29, 0.717) is 17.8 Å². The summed E-state index contributed by atoms with van der Waals surface area (Å²) in [6.45, 7) is 9.40. The van der Waals surface area contributed by atoms with Gasteiger partial charge in [-0.05, 0) is 51.1 Å². The van der Waals surface area contributed by atoms with Gasteiger partial charge in [0.2, 0.25) is 0 Å². The van der Waals surface area contributed by atoms with E-state index in [-0.39, 0.29) is 18.0 Å². The Kier molecular flexibility index (Phi) is 7.81. The molecule has 0 spiro atoms. The Morgan fingerprint density at radius 3 is 2.28 bits per heavy atom. The summed E-state index contributed by atoms with van der Waals surface area (Å²) >= 11 is 0. The van der Waals surface area contributed by atoms with Crippen molar-refractivity contribution in [2.75, 3.05) is 55.0 Å². The molecule has 2 aromatic carbocycles. The molecule has 0 bridgehead atoms. The van der Waals surface area contributed by atoms with Crippen LogP contribution in [0.5, 0.6) is 5.75 Å². The van der Waals surface area contributed by atoms with Gasteiger partial charge in [0.1, 0.15) is 5.75 Å². The molecule has 1 heterocycles. The molecule has 8 heteroatoms. The number of benzene rings is 2. The Labute approximate surface area is 189 Å². The predicted molar refractivity (Wildman–Crippen MR) is 129 cm³/mol. The third-order valence-electron chi connectivity index (χ3n) is 5.30. The molecule has 2 aromatic rings. The number of anilines is 3. The lowest BCUT2D eigenvalue weighted by Crippen LogP contribution is -2.47. The molecule has 0 saturated carbocycles. The van der Waals surface area contributed by atoms with Crippen molar-refractivity contribution >= 4 is 29.0 Å². The van der Waals surface area contributed by atoms with Crippen molar-refractivity contribution < 1.29 is 14.3 Å². The summed E-state index contributed by atoms with van der Waals surface area (Å²) < 4.78 is 5.51. The third-order valence-corrected chi connectivity index (χ3v) is 5.30. The summed E-state index contributed by atoms with van der Waals surface area (Å²) in [7, 11) is 1.69. The number of nitrogens with zero attached hydrogens (tertiary/aromatic N) is 2. The molecule has 172 valence electrons. The van der Waals surface area contributed by atoms with Gasteiger partial charge in [-0.25, -0.2) is 4.79 Å². The van der Waals surface area contributed by atoms with Gasteiger partial charge in [0, 0.05) is 50.1 Å². The van der Waals surface area contributed by atoms with Gasteiger partial charge in [-0.3, -0.25) is 4.79 Å². The van der Waals surface area contributed by atoms with Crippen molar-refractivity contribution in [3.8, 4) is 5.75 Å². The molecule has 3 amide bonds. The topological polar surface area (TPSA) is 85.9 Å². The molecular weight excluding hydrogens is 406 g/mol. The highest BCUT2D eigenvalue weighted by molar-refractivity contribution is 6.02. The van der Waals surface area contributed by atoms with Crippen LogP contribution in [0.1, 0.15) is 31.1 Å². The molecule has 32 heavy (non-hydrogen) atoms. The lowest BCUT2D eigenvalue weighted by molar-refractivity contribution is 0.0943. The second-order valence-corrected chi connectivity index (χ2v) is 7.99. The monoisotopic (exact) mass is 439 g/mol.